The Balaban J connectivity index is 1.59. The van der Waals surface area contributed by atoms with Gasteiger partial charge >= 0.3 is 6.18 Å². The van der Waals surface area contributed by atoms with Gasteiger partial charge in [0.15, 0.2) is 5.65 Å². The normalized spacial score (nSPS) is 17.0. The van der Waals surface area contributed by atoms with E-state index in [1.165, 1.54) is 0 Å². The average molecular weight is 447 g/mol. The summed E-state index contributed by atoms with van der Waals surface area (Å²) in [6.07, 6.45) is -1.68. The quantitative estimate of drug-likeness (QED) is 0.609. The summed E-state index contributed by atoms with van der Waals surface area (Å²) in [4.78, 5) is 19.0. The van der Waals surface area contributed by atoms with E-state index in [1.807, 2.05) is 24.3 Å². The van der Waals surface area contributed by atoms with Crippen molar-refractivity contribution in [3.8, 4) is 5.75 Å². The van der Waals surface area contributed by atoms with Crippen LogP contribution in [0.25, 0.3) is 11.0 Å². The van der Waals surface area contributed by atoms with E-state index in [2.05, 4.69) is 15.2 Å². The molecule has 4 rings (SSSR count). The number of halogens is 3. The molecule has 1 aromatic carbocycles. The number of aromatic amines is 1. The smallest absolute Gasteiger partial charge is 0.417 e. The molecule has 7 nitrogen and oxygen atoms in total. The van der Waals surface area contributed by atoms with Crippen molar-refractivity contribution in [3.63, 3.8) is 0 Å². The van der Waals surface area contributed by atoms with Crippen LogP contribution in [0.1, 0.15) is 48.5 Å². The fourth-order valence-corrected chi connectivity index (χ4v) is 4.19. The number of carbonyl (C=O) groups excluding carboxylic acids is 1. The van der Waals surface area contributed by atoms with Gasteiger partial charge < -0.3 is 15.4 Å². The summed E-state index contributed by atoms with van der Waals surface area (Å²) in [5.74, 6) is 0.446. The second-order valence-corrected chi connectivity index (χ2v) is 7.88. The molecule has 1 atom stereocenters. The lowest BCUT2D eigenvalue weighted by Gasteiger charge is -2.35. The van der Waals surface area contributed by atoms with Crippen LogP contribution >= 0.6 is 0 Å². The monoisotopic (exact) mass is 447 g/mol. The Hall–Kier alpha value is -3.30. The molecule has 0 unspecified atom stereocenters. The highest BCUT2D eigenvalue weighted by Crippen LogP contribution is 2.39. The number of hydrogen-bond donors (Lipinski definition) is 2. The van der Waals surface area contributed by atoms with E-state index in [9.17, 15) is 18.0 Å². The van der Waals surface area contributed by atoms with Crippen LogP contribution in [0.3, 0.4) is 0 Å². The number of nitrogens with one attached hydrogen (secondary N) is 1. The van der Waals surface area contributed by atoms with Crippen molar-refractivity contribution in [2.45, 2.75) is 44.3 Å². The number of likely N-dealkylation sites (tertiary alicyclic amines) is 1. The number of hydrogen-bond acceptors (Lipinski definition) is 5. The number of amides is 1. The number of piperidine rings is 1. The Morgan fingerprint density at radius 3 is 2.72 bits per heavy atom. The second kappa shape index (κ2) is 8.68. The van der Waals surface area contributed by atoms with Crippen LogP contribution < -0.4 is 10.5 Å². The number of nitrogen functional groups attached to an aromatic ring is 1. The standard InChI is InChI=1S/C22H24F3N5O2/c1-32-14-8-5-13(6-9-14)7-10-18(31)30-11-3-2-4-17(30)16-12-15(22(23,24)25)19-20(26)28-29-21(19)27-16/h5-6,8-9,12,17H,2-4,7,10-11H2,1H3,(H3,26,27,28,29)/t17-/m1/s1. The number of methoxy groups -OCH3 is 1. The summed E-state index contributed by atoms with van der Waals surface area (Å²) < 4.78 is 46.3. The maximum atomic E-state index is 13.7. The zero-order valence-corrected chi connectivity index (χ0v) is 17.6. The lowest BCUT2D eigenvalue weighted by Crippen LogP contribution is -2.39. The molecule has 0 aliphatic carbocycles. The van der Waals surface area contributed by atoms with E-state index >= 15 is 0 Å². The van der Waals surface area contributed by atoms with Crippen molar-refractivity contribution >= 4 is 22.8 Å². The van der Waals surface area contributed by atoms with Gasteiger partial charge in [0, 0.05) is 13.0 Å². The molecule has 1 saturated heterocycles. The van der Waals surface area contributed by atoms with E-state index in [-0.39, 0.29) is 34.9 Å². The van der Waals surface area contributed by atoms with Gasteiger partial charge in [-0.05, 0) is 49.4 Å². The molecule has 3 heterocycles. The van der Waals surface area contributed by atoms with Crippen LogP contribution in [0, 0.1) is 0 Å². The van der Waals surface area contributed by atoms with Gasteiger partial charge in [-0.2, -0.15) is 18.3 Å². The first-order chi connectivity index (χ1) is 15.3. The highest BCUT2D eigenvalue weighted by Gasteiger charge is 2.37. The summed E-state index contributed by atoms with van der Waals surface area (Å²) in [7, 11) is 1.59. The summed E-state index contributed by atoms with van der Waals surface area (Å²) in [5.41, 5.74) is 5.85. The predicted molar refractivity (Wildman–Crippen MR) is 113 cm³/mol. The third-order valence-electron chi connectivity index (χ3n) is 5.83. The number of H-pyrrole nitrogens is 1. The van der Waals surface area contributed by atoms with Crippen molar-refractivity contribution in [1.82, 2.24) is 20.1 Å². The molecule has 170 valence electrons. The number of pyridine rings is 1. The van der Waals surface area contributed by atoms with Crippen LogP contribution in [-0.4, -0.2) is 39.6 Å². The number of alkyl halides is 3. The highest BCUT2D eigenvalue weighted by atomic mass is 19.4. The molecule has 3 N–H and O–H groups in total. The van der Waals surface area contributed by atoms with Crippen LogP contribution in [0.2, 0.25) is 0 Å². The van der Waals surface area contributed by atoms with Crippen molar-refractivity contribution in [1.29, 1.82) is 0 Å². The number of rotatable bonds is 5. The first kappa shape index (κ1) is 21.9. The molecule has 3 aromatic rings. The SMILES string of the molecule is COc1ccc(CCC(=O)N2CCCC[C@@H]2c2cc(C(F)(F)F)c3c(N)[nH]nc3n2)cc1. The minimum Gasteiger partial charge on any atom is -0.497 e. The molecule has 1 aliphatic rings. The number of nitrogens with two attached hydrogens (primary N) is 1. The van der Waals surface area contributed by atoms with Gasteiger partial charge in [-0.25, -0.2) is 4.98 Å². The molecule has 0 radical (unpaired) electrons. The maximum absolute atomic E-state index is 13.7. The number of carbonyl (C=O) groups is 1. The molecule has 1 fully saturated rings. The van der Waals surface area contributed by atoms with Gasteiger partial charge in [0.2, 0.25) is 5.91 Å². The molecule has 1 aliphatic heterocycles. The fourth-order valence-electron chi connectivity index (χ4n) is 4.19. The number of nitrogens with zero attached hydrogens (tertiary/aromatic N) is 3. The van der Waals surface area contributed by atoms with Gasteiger partial charge in [-0.15, -0.1) is 0 Å². The summed E-state index contributed by atoms with van der Waals surface area (Å²) in [5, 5.41) is 5.97. The first-order valence-electron chi connectivity index (χ1n) is 10.4. The number of aromatic nitrogens is 3. The third-order valence-corrected chi connectivity index (χ3v) is 5.83. The Morgan fingerprint density at radius 1 is 1.28 bits per heavy atom. The Kier molecular flexibility index (Phi) is 5.94. The largest absolute Gasteiger partial charge is 0.497 e. The van der Waals surface area contributed by atoms with Gasteiger partial charge in [0.25, 0.3) is 0 Å². The number of fused-ring (bicyclic) bond motifs is 1. The Labute approximate surface area is 182 Å². The fraction of sp³-hybridized carbons (Fsp3) is 0.409. The van der Waals surface area contributed by atoms with Crippen LogP contribution in [0.5, 0.6) is 5.75 Å². The summed E-state index contributed by atoms with van der Waals surface area (Å²) in [6.45, 7) is 0.482. The molecule has 10 heteroatoms. The Bertz CT molecular complexity index is 1110. The van der Waals surface area contributed by atoms with Crippen molar-refractivity contribution in [3.05, 3.63) is 47.2 Å². The molecule has 2 aromatic heterocycles. The lowest BCUT2D eigenvalue weighted by molar-refractivity contribution is -0.136. The van der Waals surface area contributed by atoms with E-state index in [0.29, 0.717) is 19.4 Å². The van der Waals surface area contributed by atoms with E-state index in [1.54, 1.807) is 12.0 Å². The van der Waals surface area contributed by atoms with E-state index in [0.717, 1.165) is 30.2 Å². The zero-order chi connectivity index (χ0) is 22.9. The molecule has 0 spiro atoms. The molecule has 0 bridgehead atoms. The van der Waals surface area contributed by atoms with Crippen molar-refractivity contribution in [2.75, 3.05) is 19.4 Å². The lowest BCUT2D eigenvalue weighted by atomic mass is 9.96. The van der Waals surface area contributed by atoms with Gasteiger partial charge in [0.05, 0.1) is 29.8 Å². The van der Waals surface area contributed by atoms with Crippen LogP contribution in [0.15, 0.2) is 30.3 Å². The van der Waals surface area contributed by atoms with Crippen molar-refractivity contribution in [2.24, 2.45) is 0 Å². The minimum atomic E-state index is -4.62. The summed E-state index contributed by atoms with van der Waals surface area (Å²) in [6, 6.07) is 7.93. The predicted octanol–water partition coefficient (Wildman–Crippen LogP) is 4.25. The number of ether oxygens (including phenoxy) is 1. The van der Waals surface area contributed by atoms with E-state index in [4.69, 9.17) is 10.5 Å². The molecular formula is C22H24F3N5O2. The van der Waals surface area contributed by atoms with Crippen LogP contribution in [0.4, 0.5) is 19.0 Å². The second-order valence-electron chi connectivity index (χ2n) is 7.88. The average Bonchev–Trinajstić information content (AvgIpc) is 3.17. The molecular weight excluding hydrogens is 423 g/mol. The number of benzene rings is 1. The number of aryl methyl sites for hydroxylation is 1. The third kappa shape index (κ3) is 4.35. The highest BCUT2D eigenvalue weighted by molar-refractivity contribution is 5.90. The van der Waals surface area contributed by atoms with E-state index < -0.39 is 17.8 Å². The van der Waals surface area contributed by atoms with Gasteiger partial charge in [-0.1, -0.05) is 12.1 Å². The molecule has 0 saturated carbocycles. The molecule has 32 heavy (non-hydrogen) atoms. The van der Waals surface area contributed by atoms with Crippen molar-refractivity contribution < 1.29 is 22.7 Å². The van der Waals surface area contributed by atoms with Gasteiger partial charge in [-0.3, -0.25) is 9.89 Å². The molecule has 1 amide bonds. The van der Waals surface area contributed by atoms with Crippen LogP contribution in [-0.2, 0) is 17.4 Å². The first-order valence-corrected chi connectivity index (χ1v) is 10.4. The number of anilines is 1. The Morgan fingerprint density at radius 2 is 2.03 bits per heavy atom. The maximum Gasteiger partial charge on any atom is 0.417 e. The van der Waals surface area contributed by atoms with Gasteiger partial charge in [0.1, 0.15) is 11.6 Å². The minimum absolute atomic E-state index is 0.0940. The summed E-state index contributed by atoms with van der Waals surface area (Å²) >= 11 is 0. The topological polar surface area (TPSA) is 97.1 Å². The zero-order valence-electron chi connectivity index (χ0n) is 17.6.